The highest BCUT2D eigenvalue weighted by Gasteiger charge is 2.16. The zero-order chi connectivity index (χ0) is 13.5. The lowest BCUT2D eigenvalue weighted by Crippen LogP contribution is -2.42. The summed E-state index contributed by atoms with van der Waals surface area (Å²) in [5.74, 6) is 0.780. The fraction of sp³-hybridized carbons (Fsp3) is 0.533. The molecule has 0 aromatic heterocycles. The molecule has 1 amide bonds. The van der Waals surface area contributed by atoms with Crippen LogP contribution in [0.5, 0.6) is 5.75 Å². The van der Waals surface area contributed by atoms with Crippen LogP contribution in [0.2, 0.25) is 0 Å². The van der Waals surface area contributed by atoms with Crippen LogP contribution in [0.25, 0.3) is 0 Å². The summed E-state index contributed by atoms with van der Waals surface area (Å²) in [6.45, 7) is 4.84. The van der Waals surface area contributed by atoms with Crippen LogP contribution in [0.1, 0.15) is 18.9 Å². The second-order valence-corrected chi connectivity index (χ2v) is 4.68. The molecule has 1 heterocycles. The minimum atomic E-state index is 0.0286. The first-order chi connectivity index (χ1) is 9.29. The predicted molar refractivity (Wildman–Crippen MR) is 73.3 cm³/mol. The Labute approximate surface area is 114 Å². The van der Waals surface area contributed by atoms with Crippen LogP contribution in [0, 0.1) is 0 Å². The average molecular weight is 263 g/mol. The molecule has 1 aromatic rings. The minimum absolute atomic E-state index is 0.0286. The van der Waals surface area contributed by atoms with E-state index in [9.17, 15) is 4.79 Å². The van der Waals surface area contributed by atoms with Crippen molar-refractivity contribution in [3.63, 3.8) is 0 Å². The molecule has 1 fully saturated rings. The molecular formula is C15H21NO3. The second kappa shape index (κ2) is 7.14. The van der Waals surface area contributed by atoms with Gasteiger partial charge in [0.15, 0.2) is 6.61 Å². The van der Waals surface area contributed by atoms with Crippen molar-refractivity contribution < 1.29 is 14.3 Å². The normalized spacial score (nSPS) is 15.3. The molecule has 0 N–H and O–H groups in total. The van der Waals surface area contributed by atoms with Crippen molar-refractivity contribution in [3.05, 3.63) is 29.8 Å². The summed E-state index contributed by atoms with van der Waals surface area (Å²) in [6.07, 6.45) is 2.21. The predicted octanol–water partition coefficient (Wildman–Crippen LogP) is 1.88. The summed E-state index contributed by atoms with van der Waals surface area (Å²) in [6, 6.07) is 7.96. The van der Waals surface area contributed by atoms with E-state index in [1.54, 1.807) is 4.90 Å². The summed E-state index contributed by atoms with van der Waals surface area (Å²) < 4.78 is 10.7. The smallest absolute Gasteiger partial charge is 0.260 e. The Hall–Kier alpha value is -1.55. The molecule has 4 heteroatoms. The molecule has 4 nitrogen and oxygen atoms in total. The number of morpholine rings is 1. The fourth-order valence-electron chi connectivity index (χ4n) is 2.09. The summed E-state index contributed by atoms with van der Waals surface area (Å²) >= 11 is 0. The summed E-state index contributed by atoms with van der Waals surface area (Å²) in [5, 5.41) is 0. The zero-order valence-corrected chi connectivity index (χ0v) is 11.4. The van der Waals surface area contributed by atoms with Crippen LogP contribution in [0.3, 0.4) is 0 Å². The van der Waals surface area contributed by atoms with E-state index in [-0.39, 0.29) is 12.5 Å². The van der Waals surface area contributed by atoms with Gasteiger partial charge in [-0.3, -0.25) is 4.79 Å². The third-order valence-corrected chi connectivity index (χ3v) is 3.19. The van der Waals surface area contributed by atoms with Crippen molar-refractivity contribution in [2.24, 2.45) is 0 Å². The molecule has 1 aliphatic heterocycles. The number of hydrogen-bond donors (Lipinski definition) is 0. The number of nitrogens with zero attached hydrogens (tertiary/aromatic N) is 1. The standard InChI is InChI=1S/C15H21NO3/c1-2-3-13-4-6-14(7-5-13)19-12-15(17)16-8-10-18-11-9-16/h4-7H,2-3,8-12H2,1H3. The lowest BCUT2D eigenvalue weighted by atomic mass is 10.1. The first-order valence-corrected chi connectivity index (χ1v) is 6.87. The number of benzene rings is 1. The molecule has 0 unspecified atom stereocenters. The number of carbonyl (C=O) groups excluding carboxylic acids is 1. The van der Waals surface area contributed by atoms with Gasteiger partial charge in [0.25, 0.3) is 5.91 Å². The maximum Gasteiger partial charge on any atom is 0.260 e. The highest BCUT2D eigenvalue weighted by Crippen LogP contribution is 2.13. The first-order valence-electron chi connectivity index (χ1n) is 6.87. The van der Waals surface area contributed by atoms with Crippen molar-refractivity contribution in [2.45, 2.75) is 19.8 Å². The Kier molecular flexibility index (Phi) is 5.21. The Morgan fingerprint density at radius 3 is 2.58 bits per heavy atom. The quantitative estimate of drug-likeness (QED) is 0.814. The van der Waals surface area contributed by atoms with Crippen molar-refractivity contribution in [1.29, 1.82) is 0 Å². The van der Waals surface area contributed by atoms with Gasteiger partial charge in [-0.1, -0.05) is 25.5 Å². The van der Waals surface area contributed by atoms with Gasteiger partial charge in [-0.05, 0) is 24.1 Å². The van der Waals surface area contributed by atoms with Crippen molar-refractivity contribution in [1.82, 2.24) is 4.90 Å². The van der Waals surface area contributed by atoms with E-state index >= 15 is 0 Å². The van der Waals surface area contributed by atoms with E-state index in [1.807, 2.05) is 12.1 Å². The van der Waals surface area contributed by atoms with Gasteiger partial charge >= 0.3 is 0 Å². The van der Waals surface area contributed by atoms with E-state index in [0.717, 1.165) is 18.6 Å². The Bertz CT molecular complexity index is 396. The van der Waals surface area contributed by atoms with Crippen LogP contribution in [-0.4, -0.2) is 43.7 Å². The molecule has 1 aromatic carbocycles. The lowest BCUT2D eigenvalue weighted by Gasteiger charge is -2.26. The highest BCUT2D eigenvalue weighted by molar-refractivity contribution is 5.77. The van der Waals surface area contributed by atoms with Gasteiger partial charge in [-0.2, -0.15) is 0 Å². The second-order valence-electron chi connectivity index (χ2n) is 4.68. The number of amides is 1. The molecule has 1 aliphatic rings. The Balaban J connectivity index is 1.79. The number of hydrogen-bond acceptors (Lipinski definition) is 3. The molecule has 0 saturated carbocycles. The number of rotatable bonds is 5. The fourth-order valence-corrected chi connectivity index (χ4v) is 2.09. The minimum Gasteiger partial charge on any atom is -0.484 e. The van der Waals surface area contributed by atoms with E-state index in [2.05, 4.69) is 19.1 Å². The first kappa shape index (κ1) is 13.9. The molecule has 2 rings (SSSR count). The third-order valence-electron chi connectivity index (χ3n) is 3.19. The molecule has 104 valence electrons. The van der Waals surface area contributed by atoms with Gasteiger partial charge in [0, 0.05) is 13.1 Å². The largest absolute Gasteiger partial charge is 0.484 e. The van der Waals surface area contributed by atoms with Gasteiger partial charge in [0.1, 0.15) is 5.75 Å². The summed E-state index contributed by atoms with van der Waals surface area (Å²) in [4.78, 5) is 13.7. The van der Waals surface area contributed by atoms with Crippen LogP contribution in [0.15, 0.2) is 24.3 Å². The molecule has 0 radical (unpaired) electrons. The molecule has 0 spiro atoms. The van der Waals surface area contributed by atoms with E-state index in [0.29, 0.717) is 26.3 Å². The number of ether oxygens (including phenoxy) is 2. The molecule has 1 saturated heterocycles. The average Bonchev–Trinajstić information content (AvgIpc) is 2.47. The molecule has 0 atom stereocenters. The highest BCUT2D eigenvalue weighted by atomic mass is 16.5. The van der Waals surface area contributed by atoms with E-state index in [1.165, 1.54) is 5.56 Å². The van der Waals surface area contributed by atoms with Gasteiger partial charge < -0.3 is 14.4 Å². The SMILES string of the molecule is CCCc1ccc(OCC(=O)N2CCOCC2)cc1. The summed E-state index contributed by atoms with van der Waals surface area (Å²) in [7, 11) is 0. The van der Waals surface area contributed by atoms with E-state index in [4.69, 9.17) is 9.47 Å². The van der Waals surface area contributed by atoms with Crippen molar-refractivity contribution in [3.8, 4) is 5.75 Å². The Morgan fingerprint density at radius 2 is 1.95 bits per heavy atom. The van der Waals surface area contributed by atoms with Gasteiger partial charge in [-0.15, -0.1) is 0 Å². The van der Waals surface area contributed by atoms with Gasteiger partial charge in [0.2, 0.25) is 0 Å². The van der Waals surface area contributed by atoms with Crippen LogP contribution in [0.4, 0.5) is 0 Å². The van der Waals surface area contributed by atoms with Crippen LogP contribution in [-0.2, 0) is 16.0 Å². The molecular weight excluding hydrogens is 242 g/mol. The monoisotopic (exact) mass is 263 g/mol. The van der Waals surface area contributed by atoms with Gasteiger partial charge in [0.05, 0.1) is 13.2 Å². The zero-order valence-electron chi connectivity index (χ0n) is 11.4. The Morgan fingerprint density at radius 1 is 1.26 bits per heavy atom. The van der Waals surface area contributed by atoms with Crippen molar-refractivity contribution in [2.75, 3.05) is 32.9 Å². The lowest BCUT2D eigenvalue weighted by molar-refractivity contribution is -0.137. The molecule has 19 heavy (non-hydrogen) atoms. The van der Waals surface area contributed by atoms with Crippen LogP contribution >= 0.6 is 0 Å². The van der Waals surface area contributed by atoms with Gasteiger partial charge in [-0.25, -0.2) is 0 Å². The third kappa shape index (κ3) is 4.24. The number of aryl methyl sites for hydroxylation is 1. The molecule has 0 bridgehead atoms. The number of carbonyl (C=O) groups is 1. The van der Waals surface area contributed by atoms with E-state index < -0.39 is 0 Å². The maximum atomic E-state index is 11.9. The summed E-state index contributed by atoms with van der Waals surface area (Å²) in [5.41, 5.74) is 1.30. The van der Waals surface area contributed by atoms with Crippen LogP contribution < -0.4 is 4.74 Å². The van der Waals surface area contributed by atoms with Crippen molar-refractivity contribution >= 4 is 5.91 Å². The molecule has 0 aliphatic carbocycles. The maximum absolute atomic E-state index is 11.9. The topological polar surface area (TPSA) is 38.8 Å².